The average Bonchev–Trinajstić information content (AvgIpc) is 3.48. The van der Waals surface area contributed by atoms with E-state index in [-0.39, 0.29) is 42.1 Å². The first-order valence-electron chi connectivity index (χ1n) is 12.5. The Bertz CT molecular complexity index is 1080. The summed E-state index contributed by atoms with van der Waals surface area (Å²) in [5.41, 5.74) is 1.19. The molecule has 3 atom stereocenters. The molecule has 11 heteroatoms. The number of nitro groups is 1. The van der Waals surface area contributed by atoms with E-state index in [4.69, 9.17) is 4.74 Å². The average molecular weight is 500 g/mol. The van der Waals surface area contributed by atoms with Crippen molar-refractivity contribution in [3.8, 4) is 0 Å². The van der Waals surface area contributed by atoms with Crippen LogP contribution in [0.4, 0.5) is 10.5 Å². The zero-order chi connectivity index (χ0) is 26.0. The van der Waals surface area contributed by atoms with E-state index in [0.29, 0.717) is 43.0 Å². The third-order valence-electron chi connectivity index (χ3n) is 6.88. The molecule has 3 aliphatic rings. The van der Waals surface area contributed by atoms with E-state index in [0.717, 1.165) is 12.8 Å². The first-order valence-corrected chi connectivity index (χ1v) is 12.5. The van der Waals surface area contributed by atoms with Gasteiger partial charge < -0.3 is 20.3 Å². The van der Waals surface area contributed by atoms with Crippen LogP contribution in [0.2, 0.25) is 0 Å². The summed E-state index contributed by atoms with van der Waals surface area (Å²) in [5.74, 6) is -0.456. The standard InChI is InChI=1S/C25H33N5O6/c1-4-28-20-14-29(19(11-15(2)3)23(31)26-13-18-9-6-10-36-18)24(32)21(20)22(27-25(28)33)16-7-5-8-17(12-16)30(34)35/h5,7-8,12,15,18-19,22H,4,6,9-11,13-14H2,1-3H3,(H,26,31)(H,27,33)/t18-,19-,22+/m0/s1. The van der Waals surface area contributed by atoms with Gasteiger partial charge in [-0.1, -0.05) is 26.0 Å². The molecule has 3 heterocycles. The van der Waals surface area contributed by atoms with Crippen molar-refractivity contribution in [1.82, 2.24) is 20.4 Å². The van der Waals surface area contributed by atoms with Gasteiger partial charge in [-0.2, -0.15) is 0 Å². The van der Waals surface area contributed by atoms with Gasteiger partial charge in [-0.15, -0.1) is 0 Å². The molecule has 4 amide bonds. The van der Waals surface area contributed by atoms with Crippen molar-refractivity contribution in [2.24, 2.45) is 5.92 Å². The van der Waals surface area contributed by atoms with Crippen molar-refractivity contribution in [3.63, 3.8) is 0 Å². The summed E-state index contributed by atoms with van der Waals surface area (Å²) in [6, 6.07) is 3.97. The number of benzene rings is 1. The first-order chi connectivity index (χ1) is 17.2. The van der Waals surface area contributed by atoms with Crippen LogP contribution in [-0.2, 0) is 14.3 Å². The molecule has 0 aromatic heterocycles. The number of nitro benzene ring substituents is 1. The largest absolute Gasteiger partial charge is 0.376 e. The lowest BCUT2D eigenvalue weighted by atomic mass is 9.95. The van der Waals surface area contributed by atoms with E-state index in [1.165, 1.54) is 28.0 Å². The number of urea groups is 1. The molecule has 0 radical (unpaired) electrons. The Kier molecular flexibility index (Phi) is 7.58. The Morgan fingerprint density at radius 1 is 1.33 bits per heavy atom. The summed E-state index contributed by atoms with van der Waals surface area (Å²) >= 11 is 0. The number of carbonyl (C=O) groups is 3. The van der Waals surface area contributed by atoms with Gasteiger partial charge in [0.2, 0.25) is 5.91 Å². The topological polar surface area (TPSA) is 134 Å². The molecule has 0 spiro atoms. The van der Waals surface area contributed by atoms with E-state index < -0.39 is 17.0 Å². The van der Waals surface area contributed by atoms with Gasteiger partial charge in [-0.3, -0.25) is 24.6 Å². The number of nitrogens with one attached hydrogen (secondary N) is 2. The first kappa shape index (κ1) is 25.6. The van der Waals surface area contributed by atoms with Crippen LogP contribution in [0.3, 0.4) is 0 Å². The minimum absolute atomic E-state index is 0.0232. The number of hydrogen-bond acceptors (Lipinski definition) is 6. The third kappa shape index (κ3) is 5.06. The van der Waals surface area contributed by atoms with Crippen LogP contribution < -0.4 is 10.6 Å². The predicted octanol–water partition coefficient (Wildman–Crippen LogP) is 2.49. The van der Waals surface area contributed by atoms with Crippen LogP contribution in [0.5, 0.6) is 0 Å². The molecule has 0 saturated carbocycles. The van der Waals surface area contributed by atoms with E-state index in [1.807, 2.05) is 20.8 Å². The molecule has 194 valence electrons. The molecule has 1 aromatic rings. The maximum absolute atomic E-state index is 13.8. The fraction of sp³-hybridized carbons (Fsp3) is 0.560. The highest BCUT2D eigenvalue weighted by Gasteiger charge is 2.47. The quantitative estimate of drug-likeness (QED) is 0.396. The minimum atomic E-state index is -0.845. The monoisotopic (exact) mass is 499 g/mol. The second kappa shape index (κ2) is 10.7. The fourth-order valence-corrected chi connectivity index (χ4v) is 5.13. The number of rotatable bonds is 9. The minimum Gasteiger partial charge on any atom is -0.376 e. The molecule has 0 unspecified atom stereocenters. The van der Waals surface area contributed by atoms with Crippen LogP contribution in [0.25, 0.3) is 0 Å². The number of nitrogens with zero attached hydrogens (tertiary/aromatic N) is 3. The number of carbonyl (C=O) groups excluding carboxylic acids is 3. The Morgan fingerprint density at radius 2 is 2.11 bits per heavy atom. The molecule has 4 rings (SSSR count). The summed E-state index contributed by atoms with van der Waals surface area (Å²) < 4.78 is 5.61. The van der Waals surface area contributed by atoms with Crippen molar-refractivity contribution in [3.05, 3.63) is 51.2 Å². The van der Waals surface area contributed by atoms with E-state index in [2.05, 4.69) is 10.6 Å². The Hall–Kier alpha value is -3.47. The van der Waals surface area contributed by atoms with Crippen LogP contribution in [0.1, 0.15) is 51.6 Å². The zero-order valence-corrected chi connectivity index (χ0v) is 20.9. The van der Waals surface area contributed by atoms with Crippen LogP contribution in [0, 0.1) is 16.0 Å². The lowest BCUT2D eigenvalue weighted by Gasteiger charge is -2.32. The molecule has 36 heavy (non-hydrogen) atoms. The molecule has 1 aromatic carbocycles. The van der Waals surface area contributed by atoms with Gasteiger partial charge in [0.25, 0.3) is 11.6 Å². The highest BCUT2D eigenvalue weighted by molar-refractivity contribution is 6.03. The van der Waals surface area contributed by atoms with Crippen molar-refractivity contribution in [2.75, 3.05) is 26.2 Å². The maximum Gasteiger partial charge on any atom is 0.322 e. The second-order valence-corrected chi connectivity index (χ2v) is 9.80. The Morgan fingerprint density at radius 3 is 2.75 bits per heavy atom. The highest BCUT2D eigenvalue weighted by Crippen LogP contribution is 2.38. The summed E-state index contributed by atoms with van der Waals surface area (Å²) in [5, 5.41) is 17.1. The molecule has 2 N–H and O–H groups in total. The van der Waals surface area contributed by atoms with Gasteiger partial charge in [0.15, 0.2) is 0 Å². The second-order valence-electron chi connectivity index (χ2n) is 9.80. The molecular formula is C25H33N5O6. The summed E-state index contributed by atoms with van der Waals surface area (Å²) in [7, 11) is 0. The Balaban J connectivity index is 1.64. The van der Waals surface area contributed by atoms with Gasteiger partial charge in [-0.05, 0) is 37.7 Å². The Labute approximate surface area is 210 Å². The zero-order valence-electron chi connectivity index (χ0n) is 20.9. The van der Waals surface area contributed by atoms with Gasteiger partial charge >= 0.3 is 6.03 Å². The molecule has 0 aliphatic carbocycles. The van der Waals surface area contributed by atoms with Crippen LogP contribution >= 0.6 is 0 Å². The lowest BCUT2D eigenvalue weighted by molar-refractivity contribution is -0.384. The number of ether oxygens (including phenoxy) is 1. The lowest BCUT2D eigenvalue weighted by Crippen LogP contribution is -2.50. The number of likely N-dealkylation sites (N-methyl/N-ethyl adjacent to an activating group) is 1. The molecule has 0 bridgehead atoms. The van der Waals surface area contributed by atoms with Crippen LogP contribution in [0.15, 0.2) is 35.5 Å². The number of non-ortho nitro benzene ring substituents is 1. The molecule has 1 saturated heterocycles. The van der Waals surface area contributed by atoms with E-state index in [9.17, 15) is 24.5 Å². The van der Waals surface area contributed by atoms with Gasteiger partial charge in [-0.25, -0.2) is 4.79 Å². The van der Waals surface area contributed by atoms with Crippen LogP contribution in [-0.4, -0.2) is 71.0 Å². The molecule has 11 nitrogen and oxygen atoms in total. The van der Waals surface area contributed by atoms with Gasteiger partial charge in [0.1, 0.15) is 6.04 Å². The van der Waals surface area contributed by atoms with E-state index in [1.54, 1.807) is 6.07 Å². The molecular weight excluding hydrogens is 466 g/mol. The normalized spacial score (nSPS) is 22.7. The SMILES string of the molecule is CCN1C(=O)N[C@H](c2cccc([N+](=O)[O-])c2)C2=C1CN([C@@H](CC(C)C)C(=O)NC[C@@H]1CCCO1)C2=O. The van der Waals surface area contributed by atoms with Crippen molar-refractivity contribution < 1.29 is 24.0 Å². The predicted molar refractivity (Wildman–Crippen MR) is 131 cm³/mol. The fourth-order valence-electron chi connectivity index (χ4n) is 5.13. The number of hydrogen-bond donors (Lipinski definition) is 2. The van der Waals surface area contributed by atoms with Crippen molar-refractivity contribution in [1.29, 1.82) is 0 Å². The summed E-state index contributed by atoms with van der Waals surface area (Å²) in [4.78, 5) is 54.0. The smallest absolute Gasteiger partial charge is 0.322 e. The van der Waals surface area contributed by atoms with Crippen molar-refractivity contribution in [2.45, 2.75) is 58.2 Å². The molecule has 3 aliphatic heterocycles. The van der Waals surface area contributed by atoms with E-state index >= 15 is 0 Å². The maximum atomic E-state index is 13.8. The third-order valence-corrected chi connectivity index (χ3v) is 6.88. The van der Waals surface area contributed by atoms with Crippen molar-refractivity contribution >= 4 is 23.5 Å². The number of amides is 4. The van der Waals surface area contributed by atoms with Gasteiger partial charge in [0, 0.05) is 31.8 Å². The summed E-state index contributed by atoms with van der Waals surface area (Å²) in [6.45, 7) is 7.32. The highest BCUT2D eigenvalue weighted by atomic mass is 16.6. The van der Waals surface area contributed by atoms with Gasteiger partial charge in [0.05, 0.1) is 34.9 Å². The molecule has 1 fully saturated rings. The summed E-state index contributed by atoms with van der Waals surface area (Å²) in [6.07, 6.45) is 2.28.